The van der Waals surface area contributed by atoms with Gasteiger partial charge in [0.2, 0.25) is 0 Å². The summed E-state index contributed by atoms with van der Waals surface area (Å²) in [6.07, 6.45) is -8.27. The number of carbonyl (C=O) groups excluding carboxylic acids is 1. The molecule has 1 amide bonds. The van der Waals surface area contributed by atoms with Crippen LogP contribution >= 0.6 is 21.6 Å². The Balaban J connectivity index is 4.58. The molecule has 0 saturated heterocycles. The maximum absolute atomic E-state index is 11.8. The summed E-state index contributed by atoms with van der Waals surface area (Å²) in [7, 11) is 1.90. The van der Waals surface area contributed by atoms with Crippen molar-refractivity contribution in [1.29, 1.82) is 0 Å². The van der Waals surface area contributed by atoms with Crippen molar-refractivity contribution in [3.63, 3.8) is 0 Å². The Morgan fingerprint density at radius 1 is 0.923 bits per heavy atom. The number of aliphatic carboxylic acids is 2. The van der Waals surface area contributed by atoms with Crippen LogP contribution in [-0.2, 0) is 14.4 Å². The fourth-order valence-electron chi connectivity index (χ4n) is 1.42. The summed E-state index contributed by atoms with van der Waals surface area (Å²) in [5.74, 6) is -4.20. The van der Waals surface area contributed by atoms with Gasteiger partial charge in [-0.25, -0.2) is 4.79 Å². The molecule has 0 aliphatic heterocycles. The van der Waals surface area contributed by atoms with Crippen molar-refractivity contribution in [2.45, 2.75) is 36.5 Å². The van der Waals surface area contributed by atoms with Crippen LogP contribution in [0.3, 0.4) is 0 Å². The van der Waals surface area contributed by atoms with Gasteiger partial charge in [0.05, 0.1) is 6.61 Å². The van der Waals surface area contributed by atoms with Gasteiger partial charge in [-0.2, -0.15) is 0 Å². The van der Waals surface area contributed by atoms with Crippen molar-refractivity contribution < 1.29 is 50.1 Å². The first kappa shape index (κ1) is 24.9. The molecule has 0 aliphatic carbocycles. The summed E-state index contributed by atoms with van der Waals surface area (Å²) in [5.41, 5.74) is 5.27. The van der Waals surface area contributed by atoms with Crippen LogP contribution in [0.2, 0.25) is 0 Å². The Hall–Kier alpha value is -1.13. The van der Waals surface area contributed by atoms with E-state index in [-0.39, 0.29) is 11.5 Å². The smallest absolute Gasteiger partial charge is 0.327 e. The van der Waals surface area contributed by atoms with E-state index in [1.807, 2.05) is 5.32 Å². The molecule has 0 spiro atoms. The maximum atomic E-state index is 11.8. The minimum atomic E-state index is -2.26. The molecule has 0 fully saturated rings. The standard InChI is InChI=1S/C12H22N2O10S2/c13-4(11(21)22)2-25-26-3-5(12(23)24)14-10(20)9(19)8(18)7(17)6(16)1-15/h4-9,15-19H,1-3,13H2,(H,14,20)(H,21,22)(H,23,24)/t4-,5-,6+,7+,8-,9+/m0/s1. The van der Waals surface area contributed by atoms with Crippen molar-refractivity contribution in [2.75, 3.05) is 18.1 Å². The van der Waals surface area contributed by atoms with Crippen LogP contribution in [0, 0.1) is 0 Å². The molecule has 26 heavy (non-hydrogen) atoms. The molecule has 0 aromatic heterocycles. The molecule has 6 atom stereocenters. The number of amides is 1. The molecule has 152 valence electrons. The molecule has 0 aliphatic rings. The third-order valence-corrected chi connectivity index (χ3v) is 5.47. The van der Waals surface area contributed by atoms with Crippen molar-refractivity contribution in [2.24, 2.45) is 5.73 Å². The number of carboxylic acids is 2. The Morgan fingerprint density at radius 3 is 1.92 bits per heavy atom. The quantitative estimate of drug-likeness (QED) is 0.102. The average Bonchev–Trinajstić information content (AvgIpc) is 2.60. The van der Waals surface area contributed by atoms with E-state index in [9.17, 15) is 29.7 Å². The van der Waals surface area contributed by atoms with Gasteiger partial charge in [0.15, 0.2) is 6.10 Å². The number of nitrogens with two attached hydrogens (primary N) is 1. The molecular weight excluding hydrogens is 396 g/mol. The minimum Gasteiger partial charge on any atom is -0.480 e. The van der Waals surface area contributed by atoms with Crippen LogP contribution < -0.4 is 11.1 Å². The van der Waals surface area contributed by atoms with Crippen molar-refractivity contribution in [3.05, 3.63) is 0 Å². The molecule has 0 heterocycles. The zero-order chi connectivity index (χ0) is 20.4. The first-order valence-electron chi connectivity index (χ1n) is 7.12. The number of carbonyl (C=O) groups is 3. The van der Waals surface area contributed by atoms with Crippen molar-refractivity contribution in [3.8, 4) is 0 Å². The van der Waals surface area contributed by atoms with E-state index in [0.717, 1.165) is 21.6 Å². The lowest BCUT2D eigenvalue weighted by Gasteiger charge is -2.25. The lowest BCUT2D eigenvalue weighted by Crippen LogP contribution is -2.54. The molecule has 0 rings (SSSR count). The van der Waals surface area contributed by atoms with Gasteiger partial charge < -0.3 is 46.8 Å². The van der Waals surface area contributed by atoms with Crippen LogP contribution in [0.4, 0.5) is 0 Å². The zero-order valence-corrected chi connectivity index (χ0v) is 15.0. The molecule has 10 N–H and O–H groups in total. The van der Waals surface area contributed by atoms with Gasteiger partial charge in [0.1, 0.15) is 30.4 Å². The SMILES string of the molecule is N[C@@H](CSSC[C@H](NC(=O)[C@H](O)[C@@H](O)[C@H](O)[C@H](O)CO)C(=O)O)C(=O)O. The topological polar surface area (TPSA) is 231 Å². The van der Waals surface area contributed by atoms with Crippen LogP contribution in [0.15, 0.2) is 0 Å². The summed E-state index contributed by atoms with van der Waals surface area (Å²) in [4.78, 5) is 33.5. The number of carboxylic acid groups (broad SMARTS) is 2. The van der Waals surface area contributed by atoms with E-state index >= 15 is 0 Å². The highest BCUT2D eigenvalue weighted by atomic mass is 33.1. The summed E-state index contributed by atoms with van der Waals surface area (Å²) < 4.78 is 0. The average molecular weight is 418 g/mol. The summed E-state index contributed by atoms with van der Waals surface area (Å²) >= 11 is 0. The molecule has 0 aromatic carbocycles. The highest BCUT2D eigenvalue weighted by molar-refractivity contribution is 8.76. The summed E-state index contributed by atoms with van der Waals surface area (Å²) in [5, 5.41) is 66.1. The molecule has 12 nitrogen and oxygen atoms in total. The molecule has 0 aromatic rings. The van der Waals surface area contributed by atoms with Gasteiger partial charge in [0, 0.05) is 11.5 Å². The van der Waals surface area contributed by atoms with Crippen molar-refractivity contribution in [1.82, 2.24) is 5.32 Å². The number of hydrogen-bond donors (Lipinski definition) is 9. The second-order valence-electron chi connectivity index (χ2n) is 5.09. The van der Waals surface area contributed by atoms with Gasteiger partial charge in [-0.1, -0.05) is 21.6 Å². The Bertz CT molecular complexity index is 483. The van der Waals surface area contributed by atoms with E-state index in [1.54, 1.807) is 0 Å². The summed E-state index contributed by atoms with van der Waals surface area (Å²) in [6.45, 7) is -0.934. The van der Waals surface area contributed by atoms with Gasteiger partial charge in [-0.15, -0.1) is 0 Å². The van der Waals surface area contributed by atoms with Gasteiger partial charge in [-0.05, 0) is 0 Å². The normalized spacial score (nSPS) is 18.2. The van der Waals surface area contributed by atoms with Crippen LogP contribution in [0.1, 0.15) is 0 Å². The molecule has 14 heteroatoms. The van der Waals surface area contributed by atoms with Crippen LogP contribution in [-0.4, -0.2) is 108 Å². The molecule has 0 bridgehead atoms. The predicted molar refractivity (Wildman–Crippen MR) is 91.2 cm³/mol. The number of rotatable bonds is 13. The zero-order valence-electron chi connectivity index (χ0n) is 13.3. The van der Waals surface area contributed by atoms with Gasteiger partial charge in [0.25, 0.3) is 5.91 Å². The number of aliphatic hydroxyl groups is 5. The Kier molecular flexibility index (Phi) is 11.8. The second kappa shape index (κ2) is 12.3. The molecule has 0 radical (unpaired) electrons. The van der Waals surface area contributed by atoms with Gasteiger partial charge in [-0.3, -0.25) is 9.59 Å². The van der Waals surface area contributed by atoms with E-state index < -0.39 is 61.0 Å². The first-order chi connectivity index (χ1) is 12.0. The lowest BCUT2D eigenvalue weighted by atomic mass is 10.0. The van der Waals surface area contributed by atoms with E-state index in [0.29, 0.717) is 0 Å². The third kappa shape index (κ3) is 8.50. The minimum absolute atomic E-state index is 0.00708. The second-order valence-corrected chi connectivity index (χ2v) is 7.64. The Morgan fingerprint density at radius 2 is 1.46 bits per heavy atom. The Labute approximate surface area is 155 Å². The lowest BCUT2D eigenvalue weighted by molar-refractivity contribution is -0.152. The highest BCUT2D eigenvalue weighted by Gasteiger charge is 2.35. The highest BCUT2D eigenvalue weighted by Crippen LogP contribution is 2.22. The van der Waals surface area contributed by atoms with E-state index in [4.69, 9.17) is 26.2 Å². The van der Waals surface area contributed by atoms with Crippen LogP contribution in [0.5, 0.6) is 0 Å². The number of aliphatic hydroxyl groups excluding tert-OH is 5. The third-order valence-electron chi connectivity index (χ3n) is 3.02. The first-order valence-corrected chi connectivity index (χ1v) is 9.60. The number of nitrogens with one attached hydrogen (secondary N) is 1. The van der Waals surface area contributed by atoms with Crippen molar-refractivity contribution >= 4 is 39.4 Å². The van der Waals surface area contributed by atoms with E-state index in [1.165, 1.54) is 0 Å². The molecular formula is C12H22N2O10S2. The molecule has 0 unspecified atom stereocenters. The summed E-state index contributed by atoms with van der Waals surface area (Å²) in [6, 6.07) is -2.62. The monoisotopic (exact) mass is 418 g/mol. The molecule has 0 saturated carbocycles. The van der Waals surface area contributed by atoms with E-state index in [2.05, 4.69) is 0 Å². The predicted octanol–water partition coefficient (Wildman–Crippen LogP) is -4.21. The maximum Gasteiger partial charge on any atom is 0.327 e. The fraction of sp³-hybridized carbons (Fsp3) is 0.750. The fourth-order valence-corrected chi connectivity index (χ4v) is 3.69. The largest absolute Gasteiger partial charge is 0.480 e. The van der Waals surface area contributed by atoms with Crippen LogP contribution in [0.25, 0.3) is 0 Å². The van der Waals surface area contributed by atoms with Gasteiger partial charge >= 0.3 is 11.9 Å². The number of hydrogen-bond acceptors (Lipinski definition) is 11.